The average Bonchev–Trinajstić information content (AvgIpc) is 2.33. The number of sulfonamides is 1. The Bertz CT molecular complexity index is 487. The molecule has 100 valence electrons. The molecule has 1 fully saturated rings. The second-order valence-corrected chi connectivity index (χ2v) is 7.46. The molecule has 1 aliphatic rings. The molecule has 18 heavy (non-hydrogen) atoms. The van der Waals surface area contributed by atoms with Crippen LogP contribution in [0.5, 0.6) is 0 Å². The molecular weight excluding hydrogens is 248 g/mol. The molecule has 0 radical (unpaired) electrons. The van der Waals surface area contributed by atoms with Crippen molar-refractivity contribution in [1.29, 1.82) is 0 Å². The lowest BCUT2D eigenvalue weighted by Gasteiger charge is -2.34. The van der Waals surface area contributed by atoms with Gasteiger partial charge in [0.15, 0.2) is 0 Å². The smallest absolute Gasteiger partial charge is 0.242 e. The summed E-state index contributed by atoms with van der Waals surface area (Å²) in [5.74, 6) is 0. The van der Waals surface area contributed by atoms with E-state index in [0.717, 1.165) is 25.7 Å². The third-order valence-corrected chi connectivity index (χ3v) is 5.11. The molecule has 0 atom stereocenters. The van der Waals surface area contributed by atoms with E-state index in [9.17, 15) is 8.42 Å². The van der Waals surface area contributed by atoms with Crippen LogP contribution in [0.2, 0.25) is 0 Å². The van der Waals surface area contributed by atoms with Gasteiger partial charge in [0.2, 0.25) is 10.0 Å². The Morgan fingerprint density at radius 1 is 1.33 bits per heavy atom. The minimum absolute atomic E-state index is 0.0585. The van der Waals surface area contributed by atoms with Crippen LogP contribution in [0.3, 0.4) is 0 Å². The van der Waals surface area contributed by atoms with Crippen LogP contribution in [-0.4, -0.2) is 19.4 Å². The van der Waals surface area contributed by atoms with Gasteiger partial charge in [-0.1, -0.05) is 13.8 Å². The summed E-state index contributed by atoms with van der Waals surface area (Å²) < 4.78 is 27.0. The molecule has 0 aromatic carbocycles. The molecule has 0 spiro atoms. The maximum Gasteiger partial charge on any atom is 0.242 e. The minimum Gasteiger partial charge on any atom is -0.263 e. The first-order valence-electron chi connectivity index (χ1n) is 6.31. The maximum atomic E-state index is 12.1. The lowest BCUT2D eigenvalue weighted by atomic mass is 9.76. The number of nitrogens with one attached hydrogen (secondary N) is 1. The van der Waals surface area contributed by atoms with Crippen molar-refractivity contribution in [1.82, 2.24) is 9.71 Å². The summed E-state index contributed by atoms with van der Waals surface area (Å²) in [7, 11) is -3.41. The molecule has 0 unspecified atom stereocenters. The van der Waals surface area contributed by atoms with Crippen LogP contribution in [0.15, 0.2) is 29.4 Å². The highest BCUT2D eigenvalue weighted by Crippen LogP contribution is 2.35. The lowest BCUT2D eigenvalue weighted by Crippen LogP contribution is -2.39. The molecule has 0 aliphatic heterocycles. The van der Waals surface area contributed by atoms with Crippen molar-refractivity contribution >= 4 is 10.0 Å². The summed E-state index contributed by atoms with van der Waals surface area (Å²) in [6, 6.07) is 3.27. The van der Waals surface area contributed by atoms with Crippen molar-refractivity contribution in [2.45, 2.75) is 50.5 Å². The fourth-order valence-electron chi connectivity index (χ4n) is 2.31. The summed E-state index contributed by atoms with van der Waals surface area (Å²) in [6.07, 6.45) is 6.90. The zero-order valence-electron chi connectivity index (χ0n) is 10.9. The van der Waals surface area contributed by atoms with Crippen LogP contribution in [0.25, 0.3) is 0 Å². The SMILES string of the molecule is CC1(C)CCC(NS(=O)(=O)c2cccnc2)CC1. The molecule has 0 amide bonds. The second-order valence-electron chi connectivity index (χ2n) is 5.75. The highest BCUT2D eigenvalue weighted by Gasteiger charge is 2.29. The molecule has 2 rings (SSSR count). The van der Waals surface area contributed by atoms with Gasteiger partial charge in [0.05, 0.1) is 0 Å². The molecule has 1 saturated carbocycles. The van der Waals surface area contributed by atoms with E-state index in [0.29, 0.717) is 5.41 Å². The highest BCUT2D eigenvalue weighted by molar-refractivity contribution is 7.89. The molecule has 0 saturated heterocycles. The molecule has 1 heterocycles. The predicted molar refractivity (Wildman–Crippen MR) is 70.6 cm³/mol. The van der Waals surface area contributed by atoms with Gasteiger partial charge in [0.25, 0.3) is 0 Å². The third-order valence-electron chi connectivity index (χ3n) is 3.61. The molecule has 5 heteroatoms. The highest BCUT2D eigenvalue weighted by atomic mass is 32.2. The largest absolute Gasteiger partial charge is 0.263 e. The van der Waals surface area contributed by atoms with Crippen molar-refractivity contribution in [2.24, 2.45) is 5.41 Å². The second kappa shape index (κ2) is 4.97. The Hall–Kier alpha value is -0.940. The number of hydrogen-bond acceptors (Lipinski definition) is 3. The summed E-state index contributed by atoms with van der Waals surface area (Å²) in [6.45, 7) is 4.47. The zero-order chi connectivity index (χ0) is 13.2. The molecule has 0 bridgehead atoms. The van der Waals surface area contributed by atoms with Gasteiger partial charge in [0, 0.05) is 18.4 Å². The first-order valence-corrected chi connectivity index (χ1v) is 7.80. The van der Waals surface area contributed by atoms with E-state index in [1.165, 1.54) is 6.20 Å². The number of nitrogens with zero attached hydrogens (tertiary/aromatic N) is 1. The topological polar surface area (TPSA) is 59.1 Å². The summed E-state index contributed by atoms with van der Waals surface area (Å²) in [5, 5.41) is 0. The normalized spacial score (nSPS) is 20.8. The van der Waals surface area contributed by atoms with Crippen LogP contribution in [0.1, 0.15) is 39.5 Å². The van der Waals surface area contributed by atoms with E-state index in [2.05, 4.69) is 23.6 Å². The molecule has 1 aromatic rings. The van der Waals surface area contributed by atoms with Crippen molar-refractivity contribution < 1.29 is 8.42 Å². The fourth-order valence-corrected chi connectivity index (χ4v) is 3.58. The third kappa shape index (κ3) is 3.29. The summed E-state index contributed by atoms with van der Waals surface area (Å²) in [4.78, 5) is 4.09. The molecule has 1 N–H and O–H groups in total. The maximum absolute atomic E-state index is 12.1. The van der Waals surface area contributed by atoms with Crippen LogP contribution < -0.4 is 4.72 Å². The van der Waals surface area contributed by atoms with Crippen LogP contribution >= 0.6 is 0 Å². The van der Waals surface area contributed by atoms with Crippen LogP contribution in [0.4, 0.5) is 0 Å². The number of pyridine rings is 1. The quantitative estimate of drug-likeness (QED) is 0.915. The summed E-state index contributed by atoms with van der Waals surface area (Å²) in [5.41, 5.74) is 0.343. The van der Waals surface area contributed by atoms with Crippen molar-refractivity contribution in [2.75, 3.05) is 0 Å². The average molecular weight is 268 g/mol. The van der Waals surface area contributed by atoms with Gasteiger partial charge >= 0.3 is 0 Å². The summed E-state index contributed by atoms with van der Waals surface area (Å²) >= 11 is 0. The van der Waals surface area contributed by atoms with Gasteiger partial charge in [-0.05, 0) is 43.2 Å². The van der Waals surface area contributed by atoms with Crippen molar-refractivity contribution in [3.63, 3.8) is 0 Å². The number of aromatic nitrogens is 1. The predicted octanol–water partition coefficient (Wildman–Crippen LogP) is 2.33. The van der Waals surface area contributed by atoms with Gasteiger partial charge in [-0.2, -0.15) is 0 Å². The molecule has 4 nitrogen and oxygen atoms in total. The van der Waals surface area contributed by atoms with Crippen LogP contribution in [0, 0.1) is 5.41 Å². The van der Waals surface area contributed by atoms with Crippen LogP contribution in [-0.2, 0) is 10.0 Å². The van der Waals surface area contributed by atoms with E-state index >= 15 is 0 Å². The minimum atomic E-state index is -3.41. The van der Waals surface area contributed by atoms with Crippen molar-refractivity contribution in [3.8, 4) is 0 Å². The van der Waals surface area contributed by atoms with E-state index in [1.54, 1.807) is 18.3 Å². The Morgan fingerprint density at radius 2 is 2.00 bits per heavy atom. The van der Waals surface area contributed by atoms with Gasteiger partial charge < -0.3 is 0 Å². The van der Waals surface area contributed by atoms with Gasteiger partial charge in [-0.25, -0.2) is 13.1 Å². The zero-order valence-corrected chi connectivity index (χ0v) is 11.7. The van der Waals surface area contributed by atoms with Gasteiger partial charge in [0.1, 0.15) is 4.90 Å². The van der Waals surface area contributed by atoms with E-state index in [-0.39, 0.29) is 10.9 Å². The fraction of sp³-hybridized carbons (Fsp3) is 0.615. The number of rotatable bonds is 3. The first kappa shape index (κ1) is 13.5. The molecule has 1 aromatic heterocycles. The Labute approximate surface area is 109 Å². The van der Waals surface area contributed by atoms with Gasteiger partial charge in [-0.3, -0.25) is 4.98 Å². The molecule has 1 aliphatic carbocycles. The Kier molecular flexibility index (Phi) is 3.73. The lowest BCUT2D eigenvalue weighted by molar-refractivity contribution is 0.218. The van der Waals surface area contributed by atoms with Gasteiger partial charge in [-0.15, -0.1) is 0 Å². The van der Waals surface area contributed by atoms with E-state index in [1.807, 2.05) is 0 Å². The Balaban J connectivity index is 2.02. The standard InChI is InChI=1S/C13H20N2O2S/c1-13(2)7-5-11(6-8-13)15-18(16,17)12-4-3-9-14-10-12/h3-4,9-11,15H,5-8H2,1-2H3. The van der Waals surface area contributed by atoms with Crippen molar-refractivity contribution in [3.05, 3.63) is 24.5 Å². The first-order chi connectivity index (χ1) is 8.39. The Morgan fingerprint density at radius 3 is 2.56 bits per heavy atom. The molecular formula is C13H20N2O2S. The van der Waals surface area contributed by atoms with E-state index in [4.69, 9.17) is 0 Å². The number of hydrogen-bond donors (Lipinski definition) is 1. The van der Waals surface area contributed by atoms with E-state index < -0.39 is 10.0 Å². The monoisotopic (exact) mass is 268 g/mol.